The maximum absolute atomic E-state index is 5.70. The smallest absolute Gasteiger partial charge is 0.146 e. The number of anilines is 2. The van der Waals surface area contributed by atoms with Gasteiger partial charge in [-0.2, -0.15) is 0 Å². The van der Waals surface area contributed by atoms with Crippen LogP contribution in [0.15, 0.2) is 18.3 Å². The van der Waals surface area contributed by atoms with Crippen molar-refractivity contribution in [3.8, 4) is 0 Å². The van der Waals surface area contributed by atoms with Gasteiger partial charge in [0.15, 0.2) is 0 Å². The number of aromatic nitrogens is 1. The molecule has 90 valence electrons. The van der Waals surface area contributed by atoms with Gasteiger partial charge in [-0.15, -0.1) is 0 Å². The van der Waals surface area contributed by atoms with E-state index in [-0.39, 0.29) is 0 Å². The summed E-state index contributed by atoms with van der Waals surface area (Å²) in [6, 6.07) is 3.80. The molecule has 0 fully saturated rings. The lowest BCUT2D eigenvalue weighted by atomic mass is 10.3. The molecule has 4 heteroatoms. The molecule has 1 rings (SSSR count). The summed E-state index contributed by atoms with van der Waals surface area (Å²) in [5.41, 5.74) is 6.60. The Morgan fingerprint density at radius 2 is 2.19 bits per heavy atom. The number of unbranched alkanes of at least 4 members (excludes halogenated alkanes) is 1. The number of hydrogen-bond acceptors (Lipinski definition) is 4. The summed E-state index contributed by atoms with van der Waals surface area (Å²) in [7, 11) is 0. The van der Waals surface area contributed by atoms with Crippen molar-refractivity contribution in [2.75, 3.05) is 30.8 Å². The Labute approximate surface area is 97.2 Å². The van der Waals surface area contributed by atoms with E-state index in [1.54, 1.807) is 6.20 Å². The van der Waals surface area contributed by atoms with E-state index in [2.05, 4.69) is 17.2 Å². The number of ether oxygens (including phenoxy) is 1. The van der Waals surface area contributed by atoms with Gasteiger partial charge >= 0.3 is 0 Å². The summed E-state index contributed by atoms with van der Waals surface area (Å²) >= 11 is 0. The van der Waals surface area contributed by atoms with Gasteiger partial charge < -0.3 is 15.8 Å². The second-order valence-corrected chi connectivity index (χ2v) is 3.68. The number of nitrogens with zero attached hydrogens (tertiary/aromatic N) is 1. The van der Waals surface area contributed by atoms with Crippen molar-refractivity contribution in [1.29, 1.82) is 0 Å². The highest BCUT2D eigenvalue weighted by Gasteiger charge is 1.96. The maximum Gasteiger partial charge on any atom is 0.146 e. The fraction of sp³-hybridized carbons (Fsp3) is 0.583. The fourth-order valence-corrected chi connectivity index (χ4v) is 1.31. The number of rotatable bonds is 8. The molecular weight excluding hydrogens is 202 g/mol. The molecule has 16 heavy (non-hydrogen) atoms. The lowest BCUT2D eigenvalue weighted by Crippen LogP contribution is -2.08. The molecule has 0 aliphatic heterocycles. The van der Waals surface area contributed by atoms with Gasteiger partial charge in [0.2, 0.25) is 0 Å². The van der Waals surface area contributed by atoms with E-state index in [1.165, 1.54) is 6.42 Å². The van der Waals surface area contributed by atoms with Gasteiger partial charge in [0.1, 0.15) is 5.82 Å². The summed E-state index contributed by atoms with van der Waals surface area (Å²) in [4.78, 5) is 4.00. The van der Waals surface area contributed by atoms with Crippen LogP contribution in [0.2, 0.25) is 0 Å². The van der Waals surface area contributed by atoms with E-state index in [0.29, 0.717) is 5.82 Å². The van der Waals surface area contributed by atoms with Crippen molar-refractivity contribution in [3.63, 3.8) is 0 Å². The zero-order chi connectivity index (χ0) is 11.6. The second kappa shape index (κ2) is 7.93. The quantitative estimate of drug-likeness (QED) is 0.664. The van der Waals surface area contributed by atoms with Crippen molar-refractivity contribution in [2.45, 2.75) is 26.2 Å². The monoisotopic (exact) mass is 223 g/mol. The van der Waals surface area contributed by atoms with Crippen molar-refractivity contribution >= 4 is 11.5 Å². The van der Waals surface area contributed by atoms with Crippen LogP contribution in [0.1, 0.15) is 26.2 Å². The summed E-state index contributed by atoms with van der Waals surface area (Å²) in [5, 5.41) is 3.24. The third kappa shape index (κ3) is 4.98. The van der Waals surface area contributed by atoms with Crippen molar-refractivity contribution in [3.05, 3.63) is 18.3 Å². The van der Waals surface area contributed by atoms with Crippen molar-refractivity contribution in [1.82, 2.24) is 4.98 Å². The number of nitrogen functional groups attached to an aromatic ring is 1. The molecule has 1 aromatic rings. The fourth-order valence-electron chi connectivity index (χ4n) is 1.31. The summed E-state index contributed by atoms with van der Waals surface area (Å²) in [6.45, 7) is 4.69. The molecule has 0 saturated carbocycles. The zero-order valence-corrected chi connectivity index (χ0v) is 9.91. The molecular formula is C12H21N3O. The topological polar surface area (TPSA) is 60.2 Å². The van der Waals surface area contributed by atoms with Gasteiger partial charge in [0, 0.05) is 26.0 Å². The Balaban J connectivity index is 2.05. The van der Waals surface area contributed by atoms with Crippen molar-refractivity contribution in [2.24, 2.45) is 0 Å². The van der Waals surface area contributed by atoms with Crippen LogP contribution < -0.4 is 11.1 Å². The predicted molar refractivity (Wildman–Crippen MR) is 67.5 cm³/mol. The first-order chi connectivity index (χ1) is 7.84. The van der Waals surface area contributed by atoms with Gasteiger partial charge in [0.25, 0.3) is 0 Å². The largest absolute Gasteiger partial charge is 0.382 e. The maximum atomic E-state index is 5.70. The SMILES string of the molecule is CCCCOCCCNc1cccnc1N. The number of pyridine rings is 1. The van der Waals surface area contributed by atoms with Gasteiger partial charge in [0.05, 0.1) is 5.69 Å². The molecule has 0 aromatic carbocycles. The lowest BCUT2D eigenvalue weighted by Gasteiger charge is -2.08. The third-order valence-corrected chi connectivity index (χ3v) is 2.26. The first-order valence-electron chi connectivity index (χ1n) is 5.86. The molecule has 1 aromatic heterocycles. The average molecular weight is 223 g/mol. The predicted octanol–water partition coefficient (Wildman–Crippen LogP) is 2.28. The summed E-state index contributed by atoms with van der Waals surface area (Å²) in [5.74, 6) is 0.550. The molecule has 0 amide bonds. The van der Waals surface area contributed by atoms with Crippen LogP contribution in [-0.2, 0) is 4.74 Å². The van der Waals surface area contributed by atoms with Gasteiger partial charge in [-0.25, -0.2) is 4.98 Å². The zero-order valence-electron chi connectivity index (χ0n) is 9.91. The first-order valence-corrected chi connectivity index (χ1v) is 5.86. The Morgan fingerprint density at radius 3 is 2.94 bits per heavy atom. The highest BCUT2D eigenvalue weighted by atomic mass is 16.5. The highest BCUT2D eigenvalue weighted by Crippen LogP contribution is 2.12. The van der Waals surface area contributed by atoms with E-state index in [4.69, 9.17) is 10.5 Å². The van der Waals surface area contributed by atoms with Crippen LogP contribution in [-0.4, -0.2) is 24.7 Å². The molecule has 3 N–H and O–H groups in total. The molecule has 0 aliphatic carbocycles. The molecule has 1 heterocycles. The Hall–Kier alpha value is -1.29. The van der Waals surface area contributed by atoms with Crippen LogP contribution in [0, 0.1) is 0 Å². The standard InChI is InChI=1S/C12H21N3O/c1-2-3-9-16-10-5-8-14-11-6-4-7-15-12(11)13/h4,6-7,14H,2-3,5,8-10H2,1H3,(H2,13,15). The van der Waals surface area contributed by atoms with Crippen molar-refractivity contribution < 1.29 is 4.74 Å². The molecule has 0 unspecified atom stereocenters. The number of hydrogen-bond donors (Lipinski definition) is 2. The Bertz CT molecular complexity index is 291. The molecule has 0 radical (unpaired) electrons. The minimum Gasteiger partial charge on any atom is -0.382 e. The average Bonchev–Trinajstić information content (AvgIpc) is 2.30. The molecule has 0 bridgehead atoms. The summed E-state index contributed by atoms with van der Waals surface area (Å²) in [6.07, 6.45) is 5.00. The van der Waals surface area contributed by atoms with Gasteiger partial charge in [-0.3, -0.25) is 0 Å². The molecule has 4 nitrogen and oxygen atoms in total. The lowest BCUT2D eigenvalue weighted by molar-refractivity contribution is 0.131. The molecule has 0 atom stereocenters. The van der Waals surface area contributed by atoms with Crippen LogP contribution in [0.5, 0.6) is 0 Å². The van der Waals surface area contributed by atoms with E-state index in [1.807, 2.05) is 12.1 Å². The van der Waals surface area contributed by atoms with Crippen LogP contribution >= 0.6 is 0 Å². The Kier molecular flexibility index (Phi) is 6.33. The first kappa shape index (κ1) is 12.8. The third-order valence-electron chi connectivity index (χ3n) is 2.26. The minimum absolute atomic E-state index is 0.550. The number of nitrogens with one attached hydrogen (secondary N) is 1. The molecule has 0 aliphatic rings. The van der Waals surface area contributed by atoms with Gasteiger partial charge in [-0.1, -0.05) is 13.3 Å². The minimum atomic E-state index is 0.550. The molecule has 0 spiro atoms. The van der Waals surface area contributed by atoms with Crippen LogP contribution in [0.4, 0.5) is 11.5 Å². The number of nitrogens with two attached hydrogens (primary N) is 1. The Morgan fingerprint density at radius 1 is 1.38 bits per heavy atom. The van der Waals surface area contributed by atoms with Gasteiger partial charge in [-0.05, 0) is 25.0 Å². The van der Waals surface area contributed by atoms with E-state index in [0.717, 1.165) is 38.3 Å². The second-order valence-electron chi connectivity index (χ2n) is 3.68. The highest BCUT2D eigenvalue weighted by molar-refractivity contribution is 5.60. The van der Waals surface area contributed by atoms with Crippen LogP contribution in [0.25, 0.3) is 0 Å². The van der Waals surface area contributed by atoms with Crippen LogP contribution in [0.3, 0.4) is 0 Å². The van der Waals surface area contributed by atoms with E-state index < -0.39 is 0 Å². The normalized spacial score (nSPS) is 10.3. The van der Waals surface area contributed by atoms with E-state index in [9.17, 15) is 0 Å². The molecule has 0 saturated heterocycles. The van der Waals surface area contributed by atoms with E-state index >= 15 is 0 Å². The summed E-state index contributed by atoms with van der Waals surface area (Å²) < 4.78 is 5.46.